The number of hydroxylamine groups is 2. The van der Waals surface area contributed by atoms with E-state index in [0.29, 0.717) is 79.9 Å². The van der Waals surface area contributed by atoms with Gasteiger partial charge in [0.25, 0.3) is 33.7 Å². The standard InChI is InChI=1S/C61H64N6O15S/c1-34-22-45-42(30-53(83(76,77)79-5)49-27-41-13-7-9-15-48(41)66(49)61(45)75)29-50(34)80-32-37-23-38(33-81-52-28-39-18-19-44-26-40-12-6-8-14-47(40)65(44)60(74)46(39)31-51(52)78-4)25-43(24-37)64-59(73)36(3)63-58(72)35(2)62-54(68)16-10-11-17-57(71)82-67-55(69)20-21-56(67)70/h6-9,12-15,22-25,28-29,31,35-36,44,49,53H,10-11,16-21,26-27,30,32-33H2,1-5H3,(H,62,68)(H,63,72)(H,64,73)/t35-,36-,44+,49-,53?/m0/s1. The number of ether oxygens (including phenoxy) is 3. The lowest BCUT2D eigenvalue weighted by Crippen LogP contribution is -2.50. The maximum Gasteiger partial charge on any atom is 0.333 e. The van der Waals surface area contributed by atoms with Crippen LogP contribution in [0.15, 0.2) is 91.0 Å². The van der Waals surface area contributed by atoms with Gasteiger partial charge in [-0.2, -0.15) is 8.42 Å². The molecule has 0 radical (unpaired) electrons. The van der Waals surface area contributed by atoms with Crippen LogP contribution in [0, 0.1) is 6.92 Å². The van der Waals surface area contributed by atoms with E-state index in [-0.39, 0.29) is 76.0 Å². The van der Waals surface area contributed by atoms with Crippen LogP contribution in [0.25, 0.3) is 0 Å². The van der Waals surface area contributed by atoms with Gasteiger partial charge in [0.15, 0.2) is 11.5 Å². The molecule has 7 amide bonds. The number of nitrogens with one attached hydrogen (secondary N) is 3. The van der Waals surface area contributed by atoms with Gasteiger partial charge in [-0.05, 0) is 159 Å². The number of aryl methyl sites for hydroxylation is 2. The van der Waals surface area contributed by atoms with E-state index in [9.17, 15) is 46.8 Å². The minimum atomic E-state index is -4.14. The molecule has 1 saturated heterocycles. The zero-order valence-electron chi connectivity index (χ0n) is 46.6. The molecule has 0 bridgehead atoms. The third-order valence-electron chi connectivity index (χ3n) is 15.8. The lowest BCUT2D eigenvalue weighted by atomic mass is 9.97. The number of benzene rings is 5. The topological polar surface area (TPSA) is 263 Å². The van der Waals surface area contributed by atoms with Crippen molar-refractivity contribution < 1.29 is 70.0 Å². The van der Waals surface area contributed by atoms with Crippen LogP contribution in [0.1, 0.15) is 118 Å². The molecule has 1 fully saturated rings. The van der Waals surface area contributed by atoms with Gasteiger partial charge in [0.2, 0.25) is 17.7 Å². The Balaban J connectivity index is 0.845. The molecule has 5 atom stereocenters. The van der Waals surface area contributed by atoms with E-state index in [4.69, 9.17) is 23.2 Å². The van der Waals surface area contributed by atoms with Crippen molar-refractivity contribution in [2.75, 3.05) is 29.3 Å². The molecule has 0 aliphatic carbocycles. The maximum atomic E-state index is 14.4. The van der Waals surface area contributed by atoms with Crippen molar-refractivity contribution in [1.29, 1.82) is 0 Å². The van der Waals surface area contributed by atoms with Crippen molar-refractivity contribution in [2.24, 2.45) is 0 Å². The first kappa shape index (κ1) is 57.6. The Hall–Kier alpha value is -8.63. The van der Waals surface area contributed by atoms with Crippen molar-refractivity contribution in [3.63, 3.8) is 0 Å². The predicted molar refractivity (Wildman–Crippen MR) is 302 cm³/mol. The average molecular weight is 1150 g/mol. The Morgan fingerprint density at radius 2 is 1.24 bits per heavy atom. The SMILES string of the molecule is COc1cc2c(cc1OCc1cc(COc3cc4c(cc3C)C(=O)N3c5ccccc5C[C@H]3C(S(=O)(=O)OC)C4)cc(NC(=O)[C@H](C)NC(=O)[C@H](C)NC(=O)CCCCC(=O)ON3C(=O)CCC3=O)c1)CC[C@@H]1Cc3ccccc3N1C2=O. The Bertz CT molecular complexity index is 3570. The van der Waals surface area contributed by atoms with E-state index in [2.05, 4.69) is 22.0 Å². The molecule has 10 rings (SSSR count). The largest absolute Gasteiger partial charge is 0.493 e. The quantitative estimate of drug-likeness (QED) is 0.0441. The fourth-order valence-corrected chi connectivity index (χ4v) is 12.8. The molecular formula is C61H64N6O15S. The molecule has 0 aromatic heterocycles. The molecule has 1 unspecified atom stereocenters. The van der Waals surface area contributed by atoms with Crippen LogP contribution in [-0.4, -0.2) is 104 Å². The average Bonchev–Trinajstić information content (AvgIpc) is 3.27. The molecule has 5 aliphatic rings. The second-order valence-corrected chi connectivity index (χ2v) is 23.4. The molecule has 83 heavy (non-hydrogen) atoms. The maximum absolute atomic E-state index is 14.4. The Morgan fingerprint density at radius 1 is 0.639 bits per heavy atom. The minimum absolute atomic E-state index is 0.0116. The summed E-state index contributed by atoms with van der Waals surface area (Å²) in [5.74, 6) is -2.99. The van der Waals surface area contributed by atoms with E-state index in [1.54, 1.807) is 42.2 Å². The first-order chi connectivity index (χ1) is 39.8. The van der Waals surface area contributed by atoms with E-state index in [1.807, 2.05) is 59.5 Å². The van der Waals surface area contributed by atoms with Gasteiger partial charge in [-0.1, -0.05) is 36.4 Å². The molecule has 22 heteroatoms. The van der Waals surface area contributed by atoms with Crippen molar-refractivity contribution >= 4 is 74.5 Å². The highest BCUT2D eigenvalue weighted by Gasteiger charge is 2.48. The Kier molecular flexibility index (Phi) is 16.7. The van der Waals surface area contributed by atoms with E-state index < -0.39 is 69.0 Å². The second-order valence-electron chi connectivity index (χ2n) is 21.5. The molecule has 0 spiro atoms. The van der Waals surface area contributed by atoms with Crippen LogP contribution < -0.4 is 40.0 Å². The number of imide groups is 1. The molecule has 5 aromatic rings. The van der Waals surface area contributed by atoms with Crippen LogP contribution in [0.3, 0.4) is 0 Å². The monoisotopic (exact) mass is 1150 g/mol. The minimum Gasteiger partial charge on any atom is -0.493 e. The van der Waals surface area contributed by atoms with Crippen molar-refractivity contribution in [2.45, 2.75) is 134 Å². The van der Waals surface area contributed by atoms with Crippen molar-refractivity contribution in [3.8, 4) is 17.2 Å². The Morgan fingerprint density at radius 3 is 1.93 bits per heavy atom. The fraction of sp³-hybridized carbons (Fsp3) is 0.377. The number of carbonyl (C=O) groups is 8. The van der Waals surface area contributed by atoms with Crippen LogP contribution in [-0.2, 0) is 86.8 Å². The molecular weight excluding hydrogens is 1090 g/mol. The van der Waals surface area contributed by atoms with Crippen LogP contribution in [0.5, 0.6) is 17.2 Å². The lowest BCUT2D eigenvalue weighted by Gasteiger charge is -2.28. The van der Waals surface area contributed by atoms with Gasteiger partial charge in [-0.25, -0.2) is 4.79 Å². The van der Waals surface area contributed by atoms with Gasteiger partial charge in [0.05, 0.1) is 20.3 Å². The molecule has 0 saturated carbocycles. The number of hydrogen-bond acceptors (Lipinski definition) is 15. The molecule has 5 aromatic carbocycles. The van der Waals surface area contributed by atoms with Crippen molar-refractivity contribution in [1.82, 2.24) is 15.7 Å². The summed E-state index contributed by atoms with van der Waals surface area (Å²) in [6.45, 7) is 4.64. The van der Waals surface area contributed by atoms with Gasteiger partial charge in [-0.15, -0.1) is 5.06 Å². The summed E-state index contributed by atoms with van der Waals surface area (Å²) in [5, 5.41) is 7.49. The summed E-state index contributed by atoms with van der Waals surface area (Å²) in [4.78, 5) is 113. The smallest absolute Gasteiger partial charge is 0.333 e. The van der Waals surface area contributed by atoms with Crippen LogP contribution >= 0.6 is 0 Å². The van der Waals surface area contributed by atoms with E-state index in [1.165, 1.54) is 21.0 Å². The molecule has 5 aliphatic heterocycles. The van der Waals surface area contributed by atoms with Gasteiger partial charge < -0.3 is 44.8 Å². The zero-order valence-corrected chi connectivity index (χ0v) is 47.4. The number of methoxy groups -OCH3 is 1. The first-order valence-electron chi connectivity index (χ1n) is 27.6. The highest BCUT2D eigenvalue weighted by molar-refractivity contribution is 7.87. The summed E-state index contributed by atoms with van der Waals surface area (Å²) in [6.07, 6.45) is 2.68. The number of para-hydroxylation sites is 2. The number of hydrogen-bond donors (Lipinski definition) is 3. The number of unbranched alkanes of at least 4 members (excludes halogenated alkanes) is 1. The third kappa shape index (κ3) is 12.2. The molecule has 434 valence electrons. The van der Waals surface area contributed by atoms with Gasteiger partial charge in [0, 0.05) is 59.9 Å². The number of nitrogens with zero attached hydrogens (tertiary/aromatic N) is 3. The summed E-state index contributed by atoms with van der Waals surface area (Å²) >= 11 is 0. The van der Waals surface area contributed by atoms with Gasteiger partial charge in [-0.3, -0.25) is 37.7 Å². The molecule has 3 N–H and O–H groups in total. The zero-order chi connectivity index (χ0) is 58.9. The highest BCUT2D eigenvalue weighted by atomic mass is 32.2. The lowest BCUT2D eigenvalue weighted by molar-refractivity contribution is -0.197. The summed E-state index contributed by atoms with van der Waals surface area (Å²) in [6, 6.07) is 24.7. The number of amides is 7. The van der Waals surface area contributed by atoms with Crippen molar-refractivity contribution in [3.05, 3.63) is 141 Å². The van der Waals surface area contributed by atoms with E-state index in [0.717, 1.165) is 42.3 Å². The third-order valence-corrected chi connectivity index (χ3v) is 17.5. The summed E-state index contributed by atoms with van der Waals surface area (Å²) in [5.41, 5.74) is 7.83. The Labute approximate surface area is 480 Å². The first-order valence-corrected chi connectivity index (χ1v) is 29.1. The number of rotatable bonds is 20. The number of carbonyl (C=O) groups excluding carboxylic acids is 8. The van der Waals surface area contributed by atoms with Crippen LogP contribution in [0.4, 0.5) is 17.1 Å². The number of anilines is 3. The summed E-state index contributed by atoms with van der Waals surface area (Å²) in [7, 11) is -1.52. The molecule has 21 nitrogen and oxygen atoms in total. The highest BCUT2D eigenvalue weighted by Crippen LogP contribution is 2.43. The predicted octanol–water partition coefficient (Wildman–Crippen LogP) is 6.27. The second kappa shape index (κ2) is 24.1. The van der Waals surface area contributed by atoms with E-state index >= 15 is 0 Å². The fourth-order valence-electron chi connectivity index (χ4n) is 11.5. The number of fused-ring (bicyclic) bond motifs is 8. The van der Waals surface area contributed by atoms with Gasteiger partial charge in [0.1, 0.15) is 36.3 Å². The van der Waals surface area contributed by atoms with Gasteiger partial charge >= 0.3 is 5.97 Å². The van der Waals surface area contributed by atoms with Crippen LogP contribution in [0.2, 0.25) is 0 Å². The summed E-state index contributed by atoms with van der Waals surface area (Å²) < 4.78 is 51.1. The molecule has 5 heterocycles. The normalized spacial score (nSPS) is 18.5.